The molecule has 0 aromatic heterocycles. The van der Waals surface area contributed by atoms with Crippen molar-refractivity contribution in [2.75, 3.05) is 32.1 Å². The van der Waals surface area contributed by atoms with E-state index in [2.05, 4.69) is 10.2 Å². The summed E-state index contributed by atoms with van der Waals surface area (Å²) in [6.45, 7) is 1.83. The van der Waals surface area contributed by atoms with Crippen LogP contribution in [0.3, 0.4) is 0 Å². The van der Waals surface area contributed by atoms with Gasteiger partial charge in [-0.25, -0.2) is 0 Å². The van der Waals surface area contributed by atoms with Gasteiger partial charge in [-0.1, -0.05) is 12.1 Å². The first kappa shape index (κ1) is 14.8. The number of aliphatic hydroxyl groups is 1. The number of likely N-dealkylation sites (tertiary alicyclic amines) is 1. The summed E-state index contributed by atoms with van der Waals surface area (Å²) < 4.78 is 5.20. The molecule has 5 nitrogen and oxygen atoms in total. The topological polar surface area (TPSA) is 61.8 Å². The van der Waals surface area contributed by atoms with Gasteiger partial charge in [0.2, 0.25) is 5.91 Å². The Morgan fingerprint density at radius 3 is 3.05 bits per heavy atom. The second-order valence-corrected chi connectivity index (χ2v) is 5.01. The fourth-order valence-corrected chi connectivity index (χ4v) is 2.60. The molecule has 5 heteroatoms. The molecule has 0 radical (unpaired) electrons. The lowest BCUT2D eigenvalue weighted by molar-refractivity contribution is -0.116. The zero-order valence-electron chi connectivity index (χ0n) is 11.8. The fraction of sp³-hybridized carbons (Fsp3) is 0.533. The average Bonchev–Trinajstić information content (AvgIpc) is 2.93. The van der Waals surface area contributed by atoms with Crippen LogP contribution in [0.4, 0.5) is 5.69 Å². The molecule has 1 aromatic rings. The van der Waals surface area contributed by atoms with Crippen molar-refractivity contribution in [1.82, 2.24) is 4.90 Å². The quantitative estimate of drug-likeness (QED) is 0.827. The molecular weight excluding hydrogens is 256 g/mol. The van der Waals surface area contributed by atoms with E-state index in [0.29, 0.717) is 24.4 Å². The van der Waals surface area contributed by atoms with Gasteiger partial charge in [-0.2, -0.15) is 0 Å². The smallest absolute Gasteiger partial charge is 0.225 e. The first-order valence-electron chi connectivity index (χ1n) is 7.02. The van der Waals surface area contributed by atoms with Crippen molar-refractivity contribution >= 4 is 11.6 Å². The standard InChI is InChI=1S/C15H22N2O3/c1-20-14-7-3-2-6-13(14)16-15(19)8-10-17-9-4-5-12(17)11-18/h2-3,6-7,12,18H,4-5,8-11H2,1H3,(H,16,19)/t12-/m0/s1. The molecular formula is C15H22N2O3. The number of ether oxygens (including phenoxy) is 1. The van der Waals surface area contributed by atoms with E-state index in [0.717, 1.165) is 19.4 Å². The first-order valence-corrected chi connectivity index (χ1v) is 7.02. The van der Waals surface area contributed by atoms with E-state index in [4.69, 9.17) is 4.74 Å². The van der Waals surface area contributed by atoms with Gasteiger partial charge >= 0.3 is 0 Å². The van der Waals surface area contributed by atoms with Gasteiger partial charge < -0.3 is 15.2 Å². The molecule has 2 rings (SSSR count). The Bertz CT molecular complexity index is 450. The molecule has 1 aliphatic heterocycles. The normalized spacial score (nSPS) is 19.0. The lowest BCUT2D eigenvalue weighted by atomic mass is 10.2. The Morgan fingerprint density at radius 2 is 2.30 bits per heavy atom. The third kappa shape index (κ3) is 3.71. The SMILES string of the molecule is COc1ccccc1NC(=O)CCN1CCC[C@H]1CO. The Hall–Kier alpha value is -1.59. The van der Waals surface area contributed by atoms with Crippen LogP contribution < -0.4 is 10.1 Å². The van der Waals surface area contributed by atoms with Gasteiger partial charge in [-0.05, 0) is 31.5 Å². The summed E-state index contributed by atoms with van der Waals surface area (Å²) in [4.78, 5) is 14.2. The lowest BCUT2D eigenvalue weighted by Gasteiger charge is -2.22. The van der Waals surface area contributed by atoms with E-state index in [1.54, 1.807) is 7.11 Å². The highest BCUT2D eigenvalue weighted by atomic mass is 16.5. The maximum atomic E-state index is 12.0. The second-order valence-electron chi connectivity index (χ2n) is 5.01. The van der Waals surface area contributed by atoms with Crippen LogP contribution in [0.5, 0.6) is 5.75 Å². The molecule has 2 N–H and O–H groups in total. The van der Waals surface area contributed by atoms with Crippen LogP contribution in [-0.4, -0.2) is 48.8 Å². The molecule has 1 aliphatic rings. The Morgan fingerprint density at radius 1 is 1.50 bits per heavy atom. The van der Waals surface area contributed by atoms with E-state index < -0.39 is 0 Å². The van der Waals surface area contributed by atoms with Crippen LogP contribution in [0.1, 0.15) is 19.3 Å². The number of methoxy groups -OCH3 is 1. The van der Waals surface area contributed by atoms with Crippen LogP contribution in [0.25, 0.3) is 0 Å². The zero-order valence-corrected chi connectivity index (χ0v) is 11.8. The Balaban J connectivity index is 1.83. The number of hydrogen-bond donors (Lipinski definition) is 2. The number of nitrogens with zero attached hydrogens (tertiary/aromatic N) is 1. The van der Waals surface area contributed by atoms with Crippen LogP contribution in [0, 0.1) is 0 Å². The van der Waals surface area contributed by atoms with Gasteiger partial charge in [-0.15, -0.1) is 0 Å². The van der Waals surface area contributed by atoms with Gasteiger partial charge in [-0.3, -0.25) is 9.69 Å². The Labute approximate surface area is 119 Å². The molecule has 0 bridgehead atoms. The van der Waals surface area contributed by atoms with Gasteiger partial charge in [0.05, 0.1) is 19.4 Å². The number of aliphatic hydroxyl groups excluding tert-OH is 1. The molecule has 20 heavy (non-hydrogen) atoms. The number of anilines is 1. The van der Waals surface area contributed by atoms with Crippen molar-refractivity contribution in [3.05, 3.63) is 24.3 Å². The number of hydrogen-bond acceptors (Lipinski definition) is 4. The third-order valence-corrected chi connectivity index (χ3v) is 3.72. The van der Waals surface area contributed by atoms with Gasteiger partial charge in [0.15, 0.2) is 0 Å². The van der Waals surface area contributed by atoms with E-state index >= 15 is 0 Å². The average molecular weight is 278 g/mol. The highest BCUT2D eigenvalue weighted by Gasteiger charge is 2.23. The van der Waals surface area contributed by atoms with Gasteiger partial charge in [0, 0.05) is 19.0 Å². The first-order chi connectivity index (χ1) is 9.74. The molecule has 0 aliphatic carbocycles. The van der Waals surface area contributed by atoms with Crippen molar-refractivity contribution in [3.8, 4) is 5.75 Å². The summed E-state index contributed by atoms with van der Waals surface area (Å²) in [6.07, 6.45) is 2.54. The number of carbonyl (C=O) groups is 1. The van der Waals surface area contributed by atoms with E-state index in [1.807, 2.05) is 24.3 Å². The lowest BCUT2D eigenvalue weighted by Crippen LogP contribution is -2.34. The fourth-order valence-electron chi connectivity index (χ4n) is 2.60. The Kier molecular flexibility index (Phi) is 5.38. The summed E-state index contributed by atoms with van der Waals surface area (Å²) in [6, 6.07) is 7.58. The highest BCUT2D eigenvalue weighted by molar-refractivity contribution is 5.92. The predicted molar refractivity (Wildman–Crippen MR) is 77.9 cm³/mol. The molecule has 1 saturated heterocycles. The molecule has 1 aromatic carbocycles. The van der Waals surface area contributed by atoms with Crippen LogP contribution in [0.15, 0.2) is 24.3 Å². The maximum Gasteiger partial charge on any atom is 0.225 e. The summed E-state index contributed by atoms with van der Waals surface area (Å²) in [7, 11) is 1.58. The minimum absolute atomic E-state index is 0.0295. The highest BCUT2D eigenvalue weighted by Crippen LogP contribution is 2.23. The number of para-hydroxylation sites is 2. The van der Waals surface area contributed by atoms with Crippen molar-refractivity contribution in [3.63, 3.8) is 0 Å². The van der Waals surface area contributed by atoms with Crippen molar-refractivity contribution in [1.29, 1.82) is 0 Å². The monoisotopic (exact) mass is 278 g/mol. The number of benzene rings is 1. The number of nitrogens with one attached hydrogen (secondary N) is 1. The van der Waals surface area contributed by atoms with Crippen molar-refractivity contribution in [2.24, 2.45) is 0 Å². The molecule has 1 fully saturated rings. The molecule has 0 saturated carbocycles. The van der Waals surface area contributed by atoms with Crippen molar-refractivity contribution < 1.29 is 14.6 Å². The minimum Gasteiger partial charge on any atom is -0.495 e. The van der Waals surface area contributed by atoms with Crippen molar-refractivity contribution in [2.45, 2.75) is 25.3 Å². The van der Waals surface area contributed by atoms with Gasteiger partial charge in [0.1, 0.15) is 5.75 Å². The summed E-state index contributed by atoms with van der Waals surface area (Å²) in [5.74, 6) is 0.633. The van der Waals surface area contributed by atoms with Crippen LogP contribution in [0.2, 0.25) is 0 Å². The molecule has 0 spiro atoms. The largest absolute Gasteiger partial charge is 0.495 e. The molecule has 110 valence electrons. The number of amides is 1. The molecule has 1 amide bonds. The van der Waals surface area contributed by atoms with E-state index in [1.165, 1.54) is 0 Å². The maximum absolute atomic E-state index is 12.0. The molecule has 0 unspecified atom stereocenters. The summed E-state index contributed by atoms with van der Waals surface area (Å²) in [5, 5.41) is 12.1. The van der Waals surface area contributed by atoms with E-state index in [-0.39, 0.29) is 18.6 Å². The van der Waals surface area contributed by atoms with E-state index in [9.17, 15) is 9.90 Å². The second kappa shape index (κ2) is 7.26. The third-order valence-electron chi connectivity index (χ3n) is 3.72. The minimum atomic E-state index is -0.0295. The molecule has 1 heterocycles. The number of carbonyl (C=O) groups excluding carboxylic acids is 1. The van der Waals surface area contributed by atoms with Gasteiger partial charge in [0.25, 0.3) is 0 Å². The summed E-state index contributed by atoms with van der Waals surface area (Å²) >= 11 is 0. The predicted octanol–water partition coefficient (Wildman–Crippen LogP) is 1.48. The van der Waals surface area contributed by atoms with Crippen LogP contribution in [-0.2, 0) is 4.79 Å². The van der Waals surface area contributed by atoms with Crippen LogP contribution >= 0.6 is 0 Å². The molecule has 1 atom stereocenters. The zero-order chi connectivity index (χ0) is 14.4. The summed E-state index contributed by atoms with van der Waals surface area (Å²) in [5.41, 5.74) is 0.695. The number of rotatable bonds is 6.